The molecule has 2 aromatic heterocycles. The molecule has 10 heteroatoms. The van der Waals surface area contributed by atoms with Crippen LogP contribution >= 0.6 is 11.3 Å². The van der Waals surface area contributed by atoms with Crippen LogP contribution in [-0.4, -0.2) is 59.0 Å². The standard InChI is InChI=1S/C32H41FN4O4S/c1-31(2,3)13-21-11-23-26(14-32(8-5-9-32)41-30(23)35-15-21)34-16-28(38)25(37-29(39)17-40-4)12-20-6-7-24(33)22(10-20)27-18-42-19-36-27/h6-7,10-11,15,18-19,25-26,28,34,38H,5,8-9,12-14,16-17H2,1-4H3,(H,37,39)/t25-,26-,28-/m0/s1. The number of carbonyl (C=O) groups excluding carboxylic acids is 1. The van der Waals surface area contributed by atoms with Crippen molar-refractivity contribution >= 4 is 17.2 Å². The molecule has 0 bridgehead atoms. The highest BCUT2D eigenvalue weighted by atomic mass is 32.1. The molecule has 3 atom stereocenters. The topological polar surface area (TPSA) is 106 Å². The summed E-state index contributed by atoms with van der Waals surface area (Å²) in [5.41, 5.74) is 5.45. The van der Waals surface area contributed by atoms with Crippen LogP contribution in [0.15, 0.2) is 41.4 Å². The van der Waals surface area contributed by atoms with Crippen LogP contribution < -0.4 is 15.4 Å². The van der Waals surface area contributed by atoms with Crippen LogP contribution in [0, 0.1) is 11.2 Å². The Labute approximate surface area is 251 Å². The highest BCUT2D eigenvalue weighted by Gasteiger charge is 2.46. The zero-order valence-corrected chi connectivity index (χ0v) is 25.6. The summed E-state index contributed by atoms with van der Waals surface area (Å²) < 4.78 is 26.0. The van der Waals surface area contributed by atoms with E-state index >= 15 is 0 Å². The van der Waals surface area contributed by atoms with Crippen molar-refractivity contribution in [3.05, 3.63) is 63.9 Å². The number of carbonyl (C=O) groups is 1. The molecule has 0 radical (unpaired) electrons. The van der Waals surface area contributed by atoms with E-state index in [-0.39, 0.29) is 41.9 Å². The second-order valence-electron chi connectivity index (χ2n) is 12.8. The molecule has 226 valence electrons. The van der Waals surface area contributed by atoms with Crippen molar-refractivity contribution in [3.8, 4) is 17.1 Å². The zero-order valence-electron chi connectivity index (χ0n) is 24.8. The number of hydrogen-bond acceptors (Lipinski definition) is 8. The molecule has 0 saturated heterocycles. The van der Waals surface area contributed by atoms with Gasteiger partial charge in [-0.1, -0.05) is 26.8 Å². The maximum atomic E-state index is 14.6. The number of rotatable bonds is 11. The molecule has 8 nitrogen and oxygen atoms in total. The Balaban J connectivity index is 1.34. The summed E-state index contributed by atoms with van der Waals surface area (Å²) in [5, 5.41) is 19.7. The van der Waals surface area contributed by atoms with E-state index < -0.39 is 12.1 Å². The number of nitrogens with zero attached hydrogens (tertiary/aromatic N) is 2. The van der Waals surface area contributed by atoms with Crippen molar-refractivity contribution in [3.63, 3.8) is 0 Å². The highest BCUT2D eigenvalue weighted by Crippen LogP contribution is 2.48. The number of pyridine rings is 1. The third-order valence-electron chi connectivity index (χ3n) is 8.05. The first-order valence-electron chi connectivity index (χ1n) is 14.6. The van der Waals surface area contributed by atoms with E-state index in [4.69, 9.17) is 14.5 Å². The number of fused-ring (bicyclic) bond motifs is 1. The molecule has 3 N–H and O–H groups in total. The first kappa shape index (κ1) is 30.5. The van der Waals surface area contributed by atoms with Gasteiger partial charge in [-0.25, -0.2) is 14.4 Å². The predicted octanol–water partition coefficient (Wildman–Crippen LogP) is 5.00. The molecule has 5 rings (SSSR count). The van der Waals surface area contributed by atoms with Gasteiger partial charge in [0.25, 0.3) is 0 Å². The quantitative estimate of drug-likeness (QED) is 0.286. The minimum absolute atomic E-state index is 0.0477. The van der Waals surface area contributed by atoms with E-state index in [1.165, 1.54) is 24.5 Å². The van der Waals surface area contributed by atoms with Gasteiger partial charge in [-0.2, -0.15) is 0 Å². The minimum atomic E-state index is -0.923. The molecule has 1 aliphatic heterocycles. The van der Waals surface area contributed by atoms with E-state index in [2.05, 4.69) is 42.5 Å². The number of aliphatic hydroxyl groups excluding tert-OH is 1. The van der Waals surface area contributed by atoms with Crippen LogP contribution in [-0.2, 0) is 22.4 Å². The third kappa shape index (κ3) is 7.34. The Morgan fingerprint density at radius 2 is 2.07 bits per heavy atom. The molecule has 1 aliphatic carbocycles. The van der Waals surface area contributed by atoms with Gasteiger partial charge in [0, 0.05) is 48.8 Å². The number of ether oxygens (including phenoxy) is 2. The fourth-order valence-electron chi connectivity index (χ4n) is 5.91. The van der Waals surface area contributed by atoms with Gasteiger partial charge in [0.2, 0.25) is 11.8 Å². The number of benzene rings is 1. The lowest BCUT2D eigenvalue weighted by atomic mass is 9.73. The number of aliphatic hydroxyl groups is 1. The van der Waals surface area contributed by atoms with Gasteiger partial charge in [-0.05, 0) is 66.8 Å². The van der Waals surface area contributed by atoms with Crippen molar-refractivity contribution in [2.45, 2.75) is 83.1 Å². The number of thiazole rings is 1. The molecular formula is C32H41FN4O4S. The van der Waals surface area contributed by atoms with Crippen molar-refractivity contribution < 1.29 is 23.8 Å². The Kier molecular flexibility index (Phi) is 9.27. The van der Waals surface area contributed by atoms with Crippen molar-refractivity contribution in [1.29, 1.82) is 0 Å². The van der Waals surface area contributed by atoms with Gasteiger partial charge >= 0.3 is 0 Å². The van der Waals surface area contributed by atoms with E-state index in [9.17, 15) is 14.3 Å². The number of halogens is 1. The molecule has 1 fully saturated rings. The van der Waals surface area contributed by atoms with E-state index in [0.717, 1.165) is 48.8 Å². The SMILES string of the molecule is COCC(=O)N[C@@H](Cc1ccc(F)c(-c2cscn2)c1)[C@@H](O)CN[C@H]1CC2(CCC2)Oc2ncc(CC(C)(C)C)cc21. The summed E-state index contributed by atoms with van der Waals surface area (Å²) in [4.78, 5) is 21.5. The molecule has 1 spiro atoms. The van der Waals surface area contributed by atoms with E-state index in [1.54, 1.807) is 23.0 Å². The van der Waals surface area contributed by atoms with Crippen LogP contribution in [0.4, 0.5) is 4.39 Å². The number of aromatic nitrogens is 2. The van der Waals surface area contributed by atoms with Gasteiger partial charge in [-0.15, -0.1) is 11.3 Å². The largest absolute Gasteiger partial charge is 0.471 e. The summed E-state index contributed by atoms with van der Waals surface area (Å²) in [6.07, 6.45) is 6.08. The van der Waals surface area contributed by atoms with Gasteiger partial charge in [-0.3, -0.25) is 4.79 Å². The summed E-state index contributed by atoms with van der Waals surface area (Å²) in [6.45, 7) is 6.73. The molecule has 3 heterocycles. The van der Waals surface area contributed by atoms with Crippen LogP contribution in [0.2, 0.25) is 0 Å². The van der Waals surface area contributed by atoms with Crippen LogP contribution in [0.25, 0.3) is 11.3 Å². The maximum Gasteiger partial charge on any atom is 0.246 e. The molecular weight excluding hydrogens is 555 g/mol. The van der Waals surface area contributed by atoms with Crippen LogP contribution in [0.5, 0.6) is 5.88 Å². The molecule has 42 heavy (non-hydrogen) atoms. The van der Waals surface area contributed by atoms with Crippen molar-refractivity contribution in [1.82, 2.24) is 20.6 Å². The maximum absolute atomic E-state index is 14.6. The number of amides is 1. The fraction of sp³-hybridized carbons (Fsp3) is 0.531. The van der Waals surface area contributed by atoms with Crippen LogP contribution in [0.1, 0.15) is 69.2 Å². The van der Waals surface area contributed by atoms with Gasteiger partial charge < -0.3 is 25.2 Å². The molecule has 0 unspecified atom stereocenters. The van der Waals surface area contributed by atoms with Crippen molar-refractivity contribution in [2.75, 3.05) is 20.3 Å². The summed E-state index contributed by atoms with van der Waals surface area (Å²) in [6, 6.07) is 6.32. The number of hydrogen-bond donors (Lipinski definition) is 3. The summed E-state index contributed by atoms with van der Waals surface area (Å²) in [5.74, 6) is -0.0324. The Morgan fingerprint density at radius 3 is 2.74 bits per heavy atom. The molecule has 1 amide bonds. The second-order valence-corrected chi connectivity index (χ2v) is 13.6. The lowest BCUT2D eigenvalue weighted by Gasteiger charge is -2.47. The third-order valence-corrected chi connectivity index (χ3v) is 8.64. The zero-order chi connectivity index (χ0) is 29.9. The molecule has 1 saturated carbocycles. The number of nitrogens with one attached hydrogen (secondary N) is 2. The lowest BCUT2D eigenvalue weighted by Crippen LogP contribution is -2.52. The number of methoxy groups -OCH3 is 1. The molecule has 1 aromatic carbocycles. The summed E-state index contributed by atoms with van der Waals surface area (Å²) in [7, 11) is 1.45. The normalized spacial score (nSPS) is 19.0. The predicted molar refractivity (Wildman–Crippen MR) is 161 cm³/mol. The van der Waals surface area contributed by atoms with E-state index in [0.29, 0.717) is 23.6 Å². The Bertz CT molecular complexity index is 1370. The minimum Gasteiger partial charge on any atom is -0.471 e. The van der Waals surface area contributed by atoms with Gasteiger partial charge in [0.05, 0.1) is 23.4 Å². The van der Waals surface area contributed by atoms with Crippen LogP contribution in [0.3, 0.4) is 0 Å². The first-order chi connectivity index (χ1) is 20.0. The van der Waals surface area contributed by atoms with Gasteiger partial charge in [0.15, 0.2) is 0 Å². The summed E-state index contributed by atoms with van der Waals surface area (Å²) >= 11 is 1.40. The lowest BCUT2D eigenvalue weighted by molar-refractivity contribution is -0.126. The first-order valence-corrected chi connectivity index (χ1v) is 15.5. The second kappa shape index (κ2) is 12.8. The Hall–Kier alpha value is -2.92. The average Bonchev–Trinajstić information content (AvgIpc) is 3.45. The average molecular weight is 597 g/mol. The molecule has 3 aromatic rings. The smallest absolute Gasteiger partial charge is 0.246 e. The monoisotopic (exact) mass is 596 g/mol. The molecule has 2 aliphatic rings. The van der Waals surface area contributed by atoms with Gasteiger partial charge in [0.1, 0.15) is 18.0 Å². The van der Waals surface area contributed by atoms with E-state index in [1.807, 2.05) is 6.20 Å². The van der Waals surface area contributed by atoms with Crippen molar-refractivity contribution in [2.24, 2.45) is 5.41 Å². The highest BCUT2D eigenvalue weighted by molar-refractivity contribution is 7.07. The fourth-order valence-corrected chi connectivity index (χ4v) is 6.46. The Morgan fingerprint density at radius 1 is 1.26 bits per heavy atom.